The molecule has 0 saturated heterocycles. The van der Waals surface area contributed by atoms with Gasteiger partial charge in [0.1, 0.15) is 6.29 Å². The second-order valence-electron chi connectivity index (χ2n) is 7.30. The van der Waals surface area contributed by atoms with Crippen molar-refractivity contribution in [1.82, 2.24) is 4.98 Å². The van der Waals surface area contributed by atoms with Gasteiger partial charge in [-0.25, -0.2) is 0 Å². The molecule has 7 nitrogen and oxygen atoms in total. The first-order chi connectivity index (χ1) is 16.2. The molecular formula is C26H21N5O2. The number of aldehydes is 1. The number of aromatic nitrogens is 1. The highest BCUT2D eigenvalue weighted by Gasteiger charge is 2.15. The van der Waals surface area contributed by atoms with E-state index >= 15 is 0 Å². The molecule has 0 spiro atoms. The fourth-order valence-electron chi connectivity index (χ4n) is 3.82. The van der Waals surface area contributed by atoms with Crippen molar-refractivity contribution in [3.63, 3.8) is 0 Å². The predicted octanol–water partition coefficient (Wildman–Crippen LogP) is 4.53. The lowest BCUT2D eigenvalue weighted by atomic mass is 9.95. The van der Waals surface area contributed by atoms with Gasteiger partial charge in [0.15, 0.2) is 0 Å². The summed E-state index contributed by atoms with van der Waals surface area (Å²) in [4.78, 5) is 25.1. The van der Waals surface area contributed by atoms with Gasteiger partial charge >= 0.3 is 0 Å². The third-order valence-corrected chi connectivity index (χ3v) is 5.37. The summed E-state index contributed by atoms with van der Waals surface area (Å²) in [5.74, 6) is 0. The summed E-state index contributed by atoms with van der Waals surface area (Å²) >= 11 is 0. The van der Waals surface area contributed by atoms with Gasteiger partial charge in [0.25, 0.3) is 0 Å². The standard InChI is InChI=1S/C26H21N5O2/c27-14-17-2-4-18(5-3-17)25-13-23-22(8-9-24(30-16-33)26(23)31-25)21-7-6-20(12-19(21)15-28)29-10-1-11-32/h1-13,16,29,31H,15,28H2,(H,30,33). The van der Waals surface area contributed by atoms with Gasteiger partial charge in [0.05, 0.1) is 22.8 Å². The number of rotatable bonds is 8. The Hall–Kier alpha value is -4.67. The van der Waals surface area contributed by atoms with Crippen molar-refractivity contribution in [3.8, 4) is 28.5 Å². The average molecular weight is 435 g/mol. The molecule has 1 heterocycles. The summed E-state index contributed by atoms with van der Waals surface area (Å²) in [7, 11) is 0. The number of amides is 1. The zero-order valence-corrected chi connectivity index (χ0v) is 17.6. The molecule has 7 heteroatoms. The number of allylic oxidation sites excluding steroid dienone is 1. The molecule has 0 aliphatic heterocycles. The molecule has 0 atom stereocenters. The Bertz CT molecular complexity index is 1390. The molecule has 0 saturated carbocycles. The number of carbonyl (C=O) groups is 2. The zero-order chi connectivity index (χ0) is 23.2. The van der Waals surface area contributed by atoms with E-state index in [9.17, 15) is 9.59 Å². The molecule has 1 amide bonds. The van der Waals surface area contributed by atoms with Gasteiger partial charge in [-0.05, 0) is 64.7 Å². The topological polar surface area (TPSA) is 124 Å². The number of hydrogen-bond donors (Lipinski definition) is 4. The molecule has 4 rings (SSSR count). The smallest absolute Gasteiger partial charge is 0.211 e. The Morgan fingerprint density at radius 3 is 2.45 bits per heavy atom. The van der Waals surface area contributed by atoms with Crippen LogP contribution in [0.2, 0.25) is 0 Å². The summed E-state index contributed by atoms with van der Waals surface area (Å²) in [6, 6.07) is 21.1. The van der Waals surface area contributed by atoms with Crippen LogP contribution in [0.25, 0.3) is 33.3 Å². The van der Waals surface area contributed by atoms with E-state index in [-0.39, 0.29) is 0 Å². The van der Waals surface area contributed by atoms with E-state index in [0.717, 1.165) is 44.5 Å². The molecule has 1 aromatic heterocycles. The van der Waals surface area contributed by atoms with Gasteiger partial charge in [0, 0.05) is 29.5 Å². The van der Waals surface area contributed by atoms with E-state index in [1.165, 1.54) is 6.08 Å². The molecule has 0 bridgehead atoms. The van der Waals surface area contributed by atoms with Gasteiger partial charge in [-0.1, -0.05) is 24.3 Å². The van der Waals surface area contributed by atoms with Crippen LogP contribution in [0.5, 0.6) is 0 Å². The van der Waals surface area contributed by atoms with Crippen LogP contribution in [-0.2, 0) is 16.1 Å². The lowest BCUT2D eigenvalue weighted by Crippen LogP contribution is -2.01. The minimum absolute atomic E-state index is 0.324. The van der Waals surface area contributed by atoms with Crippen LogP contribution in [0, 0.1) is 11.3 Å². The second-order valence-corrected chi connectivity index (χ2v) is 7.30. The number of fused-ring (bicyclic) bond motifs is 1. The van der Waals surface area contributed by atoms with Crippen molar-refractivity contribution in [3.05, 3.63) is 84.1 Å². The highest BCUT2D eigenvalue weighted by molar-refractivity contribution is 6.06. The Morgan fingerprint density at radius 1 is 0.970 bits per heavy atom. The van der Waals surface area contributed by atoms with Crippen LogP contribution in [-0.4, -0.2) is 17.7 Å². The molecule has 162 valence electrons. The molecular weight excluding hydrogens is 414 g/mol. The number of nitrogens with one attached hydrogen (secondary N) is 3. The van der Waals surface area contributed by atoms with Crippen molar-refractivity contribution in [2.45, 2.75) is 6.54 Å². The Morgan fingerprint density at radius 2 is 1.76 bits per heavy atom. The maximum Gasteiger partial charge on any atom is 0.211 e. The van der Waals surface area contributed by atoms with Crippen LogP contribution < -0.4 is 16.4 Å². The SMILES string of the molecule is N#Cc1ccc(-c2cc3c(-c4ccc(NC=CC=O)cc4CN)ccc(NC=O)c3[nH]2)cc1. The normalized spacial score (nSPS) is 10.8. The minimum Gasteiger partial charge on any atom is -0.362 e. The summed E-state index contributed by atoms with van der Waals surface area (Å²) < 4.78 is 0. The Kier molecular flexibility index (Phi) is 6.30. The summed E-state index contributed by atoms with van der Waals surface area (Å²) in [6.45, 7) is 0.324. The van der Waals surface area contributed by atoms with Crippen molar-refractivity contribution in [2.75, 3.05) is 10.6 Å². The lowest BCUT2D eigenvalue weighted by molar-refractivity contribution is -0.105. The van der Waals surface area contributed by atoms with Crippen LogP contribution in [0.1, 0.15) is 11.1 Å². The van der Waals surface area contributed by atoms with Crippen LogP contribution in [0.3, 0.4) is 0 Å². The molecule has 4 aromatic rings. The lowest BCUT2D eigenvalue weighted by Gasteiger charge is -2.13. The first-order valence-corrected chi connectivity index (χ1v) is 10.2. The molecule has 33 heavy (non-hydrogen) atoms. The number of nitrogens with two attached hydrogens (primary N) is 1. The number of H-pyrrole nitrogens is 1. The Labute approximate surface area is 190 Å². The largest absolute Gasteiger partial charge is 0.362 e. The molecule has 0 aliphatic rings. The average Bonchev–Trinajstić information content (AvgIpc) is 3.31. The second kappa shape index (κ2) is 9.64. The van der Waals surface area contributed by atoms with Gasteiger partial charge < -0.3 is 21.4 Å². The van der Waals surface area contributed by atoms with E-state index in [0.29, 0.717) is 30.5 Å². The van der Waals surface area contributed by atoms with Crippen molar-refractivity contribution in [1.29, 1.82) is 5.26 Å². The van der Waals surface area contributed by atoms with E-state index in [2.05, 4.69) is 21.7 Å². The van der Waals surface area contributed by atoms with Crippen LogP contribution in [0.15, 0.2) is 72.9 Å². The number of carbonyl (C=O) groups excluding carboxylic acids is 2. The Balaban J connectivity index is 1.85. The van der Waals surface area contributed by atoms with Gasteiger partial charge in [-0.15, -0.1) is 0 Å². The zero-order valence-electron chi connectivity index (χ0n) is 17.6. The minimum atomic E-state index is 0.324. The van der Waals surface area contributed by atoms with Gasteiger partial charge in [-0.3, -0.25) is 9.59 Å². The van der Waals surface area contributed by atoms with E-state index < -0.39 is 0 Å². The van der Waals surface area contributed by atoms with Crippen LogP contribution >= 0.6 is 0 Å². The van der Waals surface area contributed by atoms with Crippen molar-refractivity contribution >= 4 is 35.0 Å². The van der Waals surface area contributed by atoms with Crippen LogP contribution in [0.4, 0.5) is 11.4 Å². The summed E-state index contributed by atoms with van der Waals surface area (Å²) in [6.07, 6.45) is 4.29. The van der Waals surface area contributed by atoms with E-state index in [1.807, 2.05) is 48.5 Å². The molecule has 0 radical (unpaired) electrons. The fourth-order valence-corrected chi connectivity index (χ4v) is 3.82. The van der Waals surface area contributed by atoms with Crippen molar-refractivity contribution in [2.24, 2.45) is 5.73 Å². The highest BCUT2D eigenvalue weighted by Crippen LogP contribution is 2.38. The van der Waals surface area contributed by atoms with Gasteiger partial charge in [-0.2, -0.15) is 5.26 Å². The molecule has 0 aliphatic carbocycles. The fraction of sp³-hybridized carbons (Fsp3) is 0.0385. The van der Waals surface area contributed by atoms with Crippen molar-refractivity contribution < 1.29 is 9.59 Å². The van der Waals surface area contributed by atoms with E-state index in [4.69, 9.17) is 11.0 Å². The monoisotopic (exact) mass is 435 g/mol. The third-order valence-electron chi connectivity index (χ3n) is 5.37. The number of aromatic amines is 1. The molecule has 0 fully saturated rings. The maximum atomic E-state index is 11.2. The third kappa shape index (κ3) is 4.37. The molecule has 0 unspecified atom stereocenters. The number of anilines is 2. The number of nitriles is 1. The first-order valence-electron chi connectivity index (χ1n) is 10.2. The first kappa shape index (κ1) is 21.6. The predicted molar refractivity (Wildman–Crippen MR) is 130 cm³/mol. The molecule has 5 N–H and O–H groups in total. The molecule has 3 aromatic carbocycles. The maximum absolute atomic E-state index is 11.2. The quantitative estimate of drug-likeness (QED) is 0.239. The van der Waals surface area contributed by atoms with E-state index in [1.54, 1.807) is 18.3 Å². The van der Waals surface area contributed by atoms with Gasteiger partial charge in [0.2, 0.25) is 6.41 Å². The number of hydrogen-bond acceptors (Lipinski definition) is 5. The summed E-state index contributed by atoms with van der Waals surface area (Å²) in [5, 5.41) is 15.8. The summed E-state index contributed by atoms with van der Waals surface area (Å²) in [5.41, 5.74) is 13.6. The number of benzene rings is 3. The highest BCUT2D eigenvalue weighted by atomic mass is 16.1. The number of nitrogens with zero attached hydrogens (tertiary/aromatic N) is 1.